The van der Waals surface area contributed by atoms with Gasteiger partial charge in [0.05, 0.1) is 0 Å². The molecule has 0 amide bonds. The summed E-state index contributed by atoms with van der Waals surface area (Å²) in [5, 5.41) is 3.58. The molecule has 2 atom stereocenters. The average Bonchev–Trinajstić information content (AvgIpc) is 2.59. The van der Waals surface area contributed by atoms with Crippen molar-refractivity contribution in [1.29, 1.82) is 0 Å². The van der Waals surface area contributed by atoms with E-state index in [0.717, 1.165) is 12.1 Å². The minimum Gasteiger partial charge on any atom is -0.315 e. The molecule has 17 heavy (non-hydrogen) atoms. The Morgan fingerprint density at radius 1 is 1.06 bits per heavy atom. The molecular formula is C15H30N2. The molecular weight excluding hydrogens is 208 g/mol. The van der Waals surface area contributed by atoms with Gasteiger partial charge in [-0.25, -0.2) is 0 Å². The summed E-state index contributed by atoms with van der Waals surface area (Å²) in [6.07, 6.45) is 9.89. The van der Waals surface area contributed by atoms with Crippen molar-refractivity contribution in [3.05, 3.63) is 0 Å². The Kier molecular flexibility index (Phi) is 4.48. The van der Waals surface area contributed by atoms with Crippen molar-refractivity contribution in [3.63, 3.8) is 0 Å². The van der Waals surface area contributed by atoms with Crippen LogP contribution in [-0.2, 0) is 0 Å². The molecule has 0 aromatic heterocycles. The van der Waals surface area contributed by atoms with Crippen molar-refractivity contribution >= 4 is 0 Å². The smallest absolute Gasteiger partial charge is 0.0249 e. The highest BCUT2D eigenvalue weighted by Crippen LogP contribution is 2.33. The molecule has 2 nitrogen and oxygen atoms in total. The Balaban J connectivity index is 1.99. The molecule has 0 spiro atoms. The summed E-state index contributed by atoms with van der Waals surface area (Å²) in [5.74, 6) is 0. The second kappa shape index (κ2) is 5.71. The second-order valence-electron chi connectivity index (χ2n) is 6.84. The van der Waals surface area contributed by atoms with E-state index in [1.807, 2.05) is 0 Å². The van der Waals surface area contributed by atoms with Gasteiger partial charge < -0.3 is 5.32 Å². The highest BCUT2D eigenvalue weighted by Gasteiger charge is 2.36. The van der Waals surface area contributed by atoms with Crippen LogP contribution in [-0.4, -0.2) is 37.1 Å². The van der Waals surface area contributed by atoms with Crippen molar-refractivity contribution in [2.75, 3.05) is 20.1 Å². The van der Waals surface area contributed by atoms with Crippen molar-refractivity contribution in [3.8, 4) is 0 Å². The van der Waals surface area contributed by atoms with Gasteiger partial charge in [0, 0.05) is 18.6 Å². The van der Waals surface area contributed by atoms with E-state index < -0.39 is 0 Å². The molecule has 2 heteroatoms. The van der Waals surface area contributed by atoms with Gasteiger partial charge in [0.2, 0.25) is 0 Å². The number of hydrogen-bond acceptors (Lipinski definition) is 2. The van der Waals surface area contributed by atoms with Gasteiger partial charge in [0.25, 0.3) is 0 Å². The van der Waals surface area contributed by atoms with E-state index in [0.29, 0.717) is 5.41 Å². The molecule has 0 aromatic carbocycles. The van der Waals surface area contributed by atoms with Crippen LogP contribution < -0.4 is 5.32 Å². The molecule has 1 saturated heterocycles. The number of likely N-dealkylation sites (tertiary alicyclic amines) is 1. The topological polar surface area (TPSA) is 15.3 Å². The maximum Gasteiger partial charge on any atom is 0.0249 e. The van der Waals surface area contributed by atoms with Crippen LogP contribution in [0, 0.1) is 5.41 Å². The summed E-state index contributed by atoms with van der Waals surface area (Å²) in [7, 11) is 2.15. The van der Waals surface area contributed by atoms with Crippen LogP contribution in [0.4, 0.5) is 0 Å². The summed E-state index contributed by atoms with van der Waals surface area (Å²) >= 11 is 0. The zero-order chi connectivity index (χ0) is 12.3. The number of nitrogens with zero attached hydrogens (tertiary/aromatic N) is 1. The zero-order valence-electron chi connectivity index (χ0n) is 12.0. The van der Waals surface area contributed by atoms with Crippen LogP contribution in [0.2, 0.25) is 0 Å². The lowest BCUT2D eigenvalue weighted by Crippen LogP contribution is -2.49. The molecule has 100 valence electrons. The van der Waals surface area contributed by atoms with E-state index in [1.165, 1.54) is 58.0 Å². The minimum absolute atomic E-state index is 0.542. The van der Waals surface area contributed by atoms with Gasteiger partial charge in [-0.2, -0.15) is 0 Å². The van der Waals surface area contributed by atoms with Gasteiger partial charge >= 0.3 is 0 Å². The lowest BCUT2D eigenvalue weighted by Gasteiger charge is -2.36. The highest BCUT2D eigenvalue weighted by atomic mass is 15.2. The van der Waals surface area contributed by atoms with Crippen LogP contribution in [0.25, 0.3) is 0 Å². The standard InChI is InChI=1S/C15H30N2/c1-15(2)10-11-17(12-15)14-9-7-5-4-6-8-13(14)16-3/h13-14,16H,4-12H2,1-3H3. The summed E-state index contributed by atoms with van der Waals surface area (Å²) < 4.78 is 0. The van der Waals surface area contributed by atoms with Gasteiger partial charge in [-0.05, 0) is 38.3 Å². The maximum atomic E-state index is 3.58. The second-order valence-corrected chi connectivity index (χ2v) is 6.84. The van der Waals surface area contributed by atoms with Crippen molar-refractivity contribution in [2.45, 2.75) is 70.9 Å². The first-order chi connectivity index (χ1) is 8.12. The fourth-order valence-corrected chi connectivity index (χ4v) is 3.68. The predicted octanol–water partition coefficient (Wildman–Crippen LogP) is 3.03. The highest BCUT2D eigenvalue weighted by molar-refractivity contribution is 4.92. The maximum absolute atomic E-state index is 3.58. The Labute approximate surface area is 107 Å². The number of hydrogen-bond donors (Lipinski definition) is 1. The van der Waals surface area contributed by atoms with Crippen molar-refractivity contribution in [2.24, 2.45) is 5.41 Å². The normalized spacial score (nSPS) is 35.5. The van der Waals surface area contributed by atoms with Crippen LogP contribution in [0.1, 0.15) is 58.8 Å². The first kappa shape index (κ1) is 13.4. The molecule has 1 saturated carbocycles. The number of likely N-dealkylation sites (N-methyl/N-ethyl adjacent to an activating group) is 1. The molecule has 0 radical (unpaired) electrons. The summed E-state index contributed by atoms with van der Waals surface area (Å²) in [6, 6.07) is 1.52. The molecule has 1 heterocycles. The first-order valence-corrected chi connectivity index (χ1v) is 7.54. The van der Waals surface area contributed by atoms with Crippen LogP contribution in [0.15, 0.2) is 0 Å². The zero-order valence-corrected chi connectivity index (χ0v) is 12.0. The summed E-state index contributed by atoms with van der Waals surface area (Å²) in [5.41, 5.74) is 0.542. The van der Waals surface area contributed by atoms with Gasteiger partial charge in [-0.3, -0.25) is 4.90 Å². The molecule has 2 aliphatic rings. The van der Waals surface area contributed by atoms with E-state index in [4.69, 9.17) is 0 Å². The fraction of sp³-hybridized carbons (Fsp3) is 1.00. The monoisotopic (exact) mass is 238 g/mol. The van der Waals surface area contributed by atoms with Gasteiger partial charge in [-0.1, -0.05) is 39.5 Å². The number of nitrogens with one attached hydrogen (secondary N) is 1. The fourth-order valence-electron chi connectivity index (χ4n) is 3.68. The van der Waals surface area contributed by atoms with Gasteiger partial charge in [0.1, 0.15) is 0 Å². The Hall–Kier alpha value is -0.0800. The predicted molar refractivity (Wildman–Crippen MR) is 74.3 cm³/mol. The third kappa shape index (κ3) is 3.45. The Morgan fingerprint density at radius 2 is 1.76 bits per heavy atom. The Morgan fingerprint density at radius 3 is 2.35 bits per heavy atom. The molecule has 1 aliphatic carbocycles. The van der Waals surface area contributed by atoms with Crippen molar-refractivity contribution < 1.29 is 0 Å². The average molecular weight is 238 g/mol. The molecule has 0 aromatic rings. The molecule has 2 rings (SSSR count). The van der Waals surface area contributed by atoms with E-state index >= 15 is 0 Å². The molecule has 1 N–H and O–H groups in total. The van der Waals surface area contributed by atoms with E-state index in [2.05, 4.69) is 31.1 Å². The third-order valence-corrected chi connectivity index (χ3v) is 4.78. The molecule has 2 fully saturated rings. The van der Waals surface area contributed by atoms with E-state index in [-0.39, 0.29) is 0 Å². The van der Waals surface area contributed by atoms with E-state index in [1.54, 1.807) is 0 Å². The van der Waals surface area contributed by atoms with Crippen molar-refractivity contribution in [1.82, 2.24) is 10.2 Å². The number of rotatable bonds is 2. The van der Waals surface area contributed by atoms with E-state index in [9.17, 15) is 0 Å². The summed E-state index contributed by atoms with van der Waals surface area (Å²) in [4.78, 5) is 2.77. The lowest BCUT2D eigenvalue weighted by atomic mass is 9.90. The molecule has 0 bridgehead atoms. The molecule has 2 unspecified atom stereocenters. The van der Waals surface area contributed by atoms with Gasteiger partial charge in [-0.15, -0.1) is 0 Å². The minimum atomic E-state index is 0.542. The van der Waals surface area contributed by atoms with Crippen LogP contribution >= 0.6 is 0 Å². The SMILES string of the molecule is CNC1CCCCCCC1N1CCC(C)(C)C1. The quantitative estimate of drug-likeness (QED) is 0.795. The largest absolute Gasteiger partial charge is 0.315 e. The van der Waals surface area contributed by atoms with Gasteiger partial charge in [0.15, 0.2) is 0 Å². The first-order valence-electron chi connectivity index (χ1n) is 7.54. The Bertz CT molecular complexity index is 237. The third-order valence-electron chi connectivity index (χ3n) is 4.78. The van der Waals surface area contributed by atoms with Crippen LogP contribution in [0.3, 0.4) is 0 Å². The molecule has 1 aliphatic heterocycles. The summed E-state index contributed by atoms with van der Waals surface area (Å²) in [6.45, 7) is 7.46. The van der Waals surface area contributed by atoms with Crippen LogP contribution in [0.5, 0.6) is 0 Å². The lowest BCUT2D eigenvalue weighted by molar-refractivity contribution is 0.152.